The summed E-state index contributed by atoms with van der Waals surface area (Å²) in [6, 6.07) is 0. The fourth-order valence-corrected chi connectivity index (χ4v) is 4.88. The second-order valence-electron chi connectivity index (χ2n) is 9.72. The van der Waals surface area contributed by atoms with Crippen LogP contribution in [0.15, 0.2) is 58.2 Å². The molecule has 2 aliphatic heterocycles. The number of carbonyl (C=O) groups is 1. The molecule has 5 heteroatoms. The molecule has 0 bridgehead atoms. The number of rotatable bonds is 6. The van der Waals surface area contributed by atoms with E-state index in [1.165, 1.54) is 23.6 Å². The molecule has 0 amide bonds. The quantitative estimate of drug-likeness (QED) is 0.445. The predicted molar refractivity (Wildman–Crippen MR) is 126 cm³/mol. The number of ether oxygens (including phenoxy) is 3. The van der Waals surface area contributed by atoms with Crippen molar-refractivity contribution in [3.63, 3.8) is 0 Å². The second-order valence-corrected chi connectivity index (χ2v) is 9.72. The summed E-state index contributed by atoms with van der Waals surface area (Å²) in [5.41, 5.74) is 5.68. The Morgan fingerprint density at radius 2 is 1.97 bits per heavy atom. The summed E-state index contributed by atoms with van der Waals surface area (Å²) in [6.45, 7) is 11.8. The van der Waals surface area contributed by atoms with Crippen LogP contribution < -0.4 is 0 Å². The highest BCUT2D eigenvalue weighted by Crippen LogP contribution is 2.43. The van der Waals surface area contributed by atoms with Crippen LogP contribution in [-0.4, -0.2) is 41.8 Å². The molecule has 1 N–H and O–H groups in total. The van der Waals surface area contributed by atoms with E-state index in [0.717, 1.165) is 30.4 Å². The smallest absolute Gasteiger partial charge is 0.303 e. The number of hydrogen-bond donors (Lipinski definition) is 1. The van der Waals surface area contributed by atoms with Gasteiger partial charge in [-0.3, -0.25) is 4.79 Å². The highest BCUT2D eigenvalue weighted by molar-refractivity contribution is 5.66. The van der Waals surface area contributed by atoms with Gasteiger partial charge in [0.1, 0.15) is 6.10 Å². The third-order valence-electron chi connectivity index (χ3n) is 6.34. The third-order valence-corrected chi connectivity index (χ3v) is 6.34. The van der Waals surface area contributed by atoms with E-state index in [1.807, 2.05) is 25.2 Å². The summed E-state index contributed by atoms with van der Waals surface area (Å²) in [5.74, 6) is -1.33. The maximum Gasteiger partial charge on any atom is 0.303 e. The van der Waals surface area contributed by atoms with Crippen LogP contribution in [0.5, 0.6) is 0 Å². The standard InChI is InChI=1S/C27H38O5/c1-17(2)8-7-9-18(3)10-23-11-19(4)14-27(31-23)15-22(16-28)24-13-25(30-21(6)29)20(5)12-26(24)32-27/h8,10,12,14-15,23-26,28H,7,9,11,13,16H2,1-6H3/b18-10+/t23-,24-,25-,26-,27+/m0/s1. The Morgan fingerprint density at radius 3 is 2.62 bits per heavy atom. The zero-order chi connectivity index (χ0) is 23.5. The molecule has 0 saturated heterocycles. The van der Waals surface area contributed by atoms with E-state index in [9.17, 15) is 9.90 Å². The monoisotopic (exact) mass is 442 g/mol. The van der Waals surface area contributed by atoms with Crippen LogP contribution in [0.1, 0.15) is 67.2 Å². The number of allylic oxidation sites excluding steroid dienone is 3. The average Bonchev–Trinajstić information content (AvgIpc) is 2.67. The van der Waals surface area contributed by atoms with Crippen molar-refractivity contribution in [2.75, 3.05) is 6.61 Å². The van der Waals surface area contributed by atoms with E-state index in [1.54, 1.807) is 0 Å². The third kappa shape index (κ3) is 6.09. The van der Waals surface area contributed by atoms with Crippen molar-refractivity contribution < 1.29 is 24.1 Å². The summed E-state index contributed by atoms with van der Waals surface area (Å²) in [7, 11) is 0. The average molecular weight is 443 g/mol. The van der Waals surface area contributed by atoms with Gasteiger partial charge in [0.05, 0.1) is 18.8 Å². The van der Waals surface area contributed by atoms with Gasteiger partial charge in [-0.05, 0) is 83.6 Å². The van der Waals surface area contributed by atoms with Crippen LogP contribution in [0, 0.1) is 5.92 Å². The van der Waals surface area contributed by atoms with Crippen molar-refractivity contribution in [3.05, 3.63) is 58.2 Å². The van der Waals surface area contributed by atoms with Gasteiger partial charge in [0.2, 0.25) is 5.79 Å². The second kappa shape index (κ2) is 10.3. The zero-order valence-electron chi connectivity index (χ0n) is 20.3. The van der Waals surface area contributed by atoms with Crippen molar-refractivity contribution in [2.24, 2.45) is 5.92 Å². The van der Waals surface area contributed by atoms with E-state index in [2.05, 4.69) is 39.8 Å². The Labute approximate surface area is 192 Å². The van der Waals surface area contributed by atoms with Gasteiger partial charge >= 0.3 is 5.97 Å². The van der Waals surface area contributed by atoms with Gasteiger partial charge < -0.3 is 19.3 Å². The lowest BCUT2D eigenvalue weighted by Gasteiger charge is -2.46. The molecule has 0 aromatic heterocycles. The van der Waals surface area contributed by atoms with Crippen molar-refractivity contribution in [2.45, 2.75) is 91.3 Å². The molecule has 5 nitrogen and oxygen atoms in total. The van der Waals surface area contributed by atoms with Crippen molar-refractivity contribution >= 4 is 5.97 Å². The highest BCUT2D eigenvalue weighted by Gasteiger charge is 2.46. The van der Waals surface area contributed by atoms with Crippen LogP contribution in [0.2, 0.25) is 0 Å². The lowest BCUT2D eigenvalue weighted by atomic mass is 9.78. The van der Waals surface area contributed by atoms with Gasteiger partial charge in [-0.25, -0.2) is 0 Å². The summed E-state index contributed by atoms with van der Waals surface area (Å²) in [4.78, 5) is 11.5. The molecule has 176 valence electrons. The minimum Gasteiger partial charge on any atom is -0.458 e. The van der Waals surface area contributed by atoms with E-state index in [4.69, 9.17) is 14.2 Å². The lowest BCUT2D eigenvalue weighted by Crippen LogP contribution is -2.49. The van der Waals surface area contributed by atoms with Gasteiger partial charge in [0.25, 0.3) is 0 Å². The molecule has 5 atom stereocenters. The fraction of sp³-hybridized carbons (Fsp3) is 0.593. The van der Waals surface area contributed by atoms with Gasteiger partial charge in [-0.2, -0.15) is 0 Å². The number of aliphatic hydroxyl groups excluding tert-OH is 1. The Morgan fingerprint density at radius 1 is 1.22 bits per heavy atom. The summed E-state index contributed by atoms with van der Waals surface area (Å²) >= 11 is 0. The molecular formula is C27H38O5. The number of esters is 1. The first-order valence-electron chi connectivity index (χ1n) is 11.6. The Hall–Kier alpha value is -1.95. The van der Waals surface area contributed by atoms with E-state index < -0.39 is 5.79 Å². The topological polar surface area (TPSA) is 65.0 Å². The maximum absolute atomic E-state index is 11.5. The number of hydrogen-bond acceptors (Lipinski definition) is 5. The Kier molecular flexibility index (Phi) is 7.97. The Bertz CT molecular complexity index is 870. The van der Waals surface area contributed by atoms with E-state index >= 15 is 0 Å². The molecule has 32 heavy (non-hydrogen) atoms. The largest absolute Gasteiger partial charge is 0.458 e. The van der Waals surface area contributed by atoms with Gasteiger partial charge in [0, 0.05) is 12.8 Å². The molecule has 0 aromatic rings. The van der Waals surface area contributed by atoms with Crippen LogP contribution in [-0.2, 0) is 19.0 Å². The first-order valence-corrected chi connectivity index (χ1v) is 11.6. The summed E-state index contributed by atoms with van der Waals surface area (Å²) in [6.07, 6.45) is 13.3. The number of aliphatic hydroxyl groups is 1. The molecule has 0 saturated carbocycles. The molecule has 2 heterocycles. The molecule has 1 aliphatic carbocycles. The van der Waals surface area contributed by atoms with Gasteiger partial charge in [-0.1, -0.05) is 34.9 Å². The van der Waals surface area contributed by atoms with Crippen LogP contribution in [0.4, 0.5) is 0 Å². The molecule has 1 spiro atoms. The van der Waals surface area contributed by atoms with Gasteiger partial charge in [-0.15, -0.1) is 0 Å². The molecular weight excluding hydrogens is 404 g/mol. The van der Waals surface area contributed by atoms with E-state index in [-0.39, 0.29) is 36.8 Å². The molecule has 3 aliphatic rings. The summed E-state index contributed by atoms with van der Waals surface area (Å²) in [5, 5.41) is 10.2. The van der Waals surface area contributed by atoms with Crippen LogP contribution >= 0.6 is 0 Å². The van der Waals surface area contributed by atoms with Gasteiger partial charge in [0.15, 0.2) is 0 Å². The number of fused-ring (bicyclic) bond motifs is 1. The lowest BCUT2D eigenvalue weighted by molar-refractivity contribution is -0.227. The normalized spacial score (nSPS) is 32.5. The van der Waals surface area contributed by atoms with Crippen LogP contribution in [0.25, 0.3) is 0 Å². The van der Waals surface area contributed by atoms with Crippen molar-refractivity contribution in [3.8, 4) is 0 Å². The van der Waals surface area contributed by atoms with Crippen LogP contribution in [0.3, 0.4) is 0 Å². The van der Waals surface area contributed by atoms with E-state index in [0.29, 0.717) is 6.42 Å². The number of carbonyl (C=O) groups excluding carboxylic acids is 1. The molecule has 0 radical (unpaired) electrons. The summed E-state index contributed by atoms with van der Waals surface area (Å²) < 4.78 is 18.5. The maximum atomic E-state index is 11.5. The highest BCUT2D eigenvalue weighted by atomic mass is 16.7. The fourth-order valence-electron chi connectivity index (χ4n) is 4.88. The Balaban J connectivity index is 1.82. The zero-order valence-corrected chi connectivity index (χ0v) is 20.3. The first kappa shape index (κ1) is 24.7. The first-order chi connectivity index (χ1) is 15.1. The molecule has 3 rings (SSSR count). The minimum atomic E-state index is -0.992. The predicted octanol–water partition coefficient (Wildman–Crippen LogP) is 5.33. The minimum absolute atomic E-state index is 0.0438. The molecule has 0 fully saturated rings. The molecule has 0 aromatic carbocycles. The van der Waals surface area contributed by atoms with Crippen molar-refractivity contribution in [1.29, 1.82) is 0 Å². The molecule has 0 unspecified atom stereocenters. The SMILES string of the molecule is CC(=O)O[C@H]1C[C@H]2C(CO)=C[C@@]3(C=C(C)C[C@H](/C=C(\C)CCC=C(C)C)O3)O[C@H]2C=C1C. The van der Waals surface area contributed by atoms with Crippen molar-refractivity contribution in [1.82, 2.24) is 0 Å².